The van der Waals surface area contributed by atoms with Gasteiger partial charge in [0, 0.05) is 48.5 Å². The first-order chi connectivity index (χ1) is 12.8. The molecule has 2 heterocycles. The van der Waals surface area contributed by atoms with Gasteiger partial charge in [-0.2, -0.15) is 0 Å². The Bertz CT molecular complexity index is 518. The Morgan fingerprint density at radius 2 is 1.85 bits per heavy atom. The maximum atomic E-state index is 6.11. The monoisotopic (exact) mass is 360 g/mol. The van der Waals surface area contributed by atoms with Gasteiger partial charge in [0.25, 0.3) is 0 Å². The smallest absolute Gasteiger partial charge is 0.0642 e. The highest BCUT2D eigenvalue weighted by Gasteiger charge is 2.31. The van der Waals surface area contributed by atoms with Crippen molar-refractivity contribution in [3.8, 4) is 0 Å². The van der Waals surface area contributed by atoms with Crippen molar-refractivity contribution in [2.45, 2.75) is 69.5 Å². The molecule has 2 atom stereocenters. The van der Waals surface area contributed by atoms with Crippen molar-refractivity contribution < 1.29 is 4.74 Å². The molecule has 2 aliphatic heterocycles. The molecule has 0 amide bonds. The Morgan fingerprint density at radius 3 is 2.65 bits per heavy atom. The third kappa shape index (κ3) is 4.44. The van der Waals surface area contributed by atoms with E-state index in [0.29, 0.717) is 24.0 Å². The van der Waals surface area contributed by atoms with Gasteiger partial charge in [-0.25, -0.2) is 0 Å². The maximum Gasteiger partial charge on any atom is 0.0642 e. The topological polar surface area (TPSA) is 62.5 Å². The second-order valence-corrected chi connectivity index (χ2v) is 8.48. The maximum absolute atomic E-state index is 6.11. The highest BCUT2D eigenvalue weighted by molar-refractivity contribution is 5.33. The summed E-state index contributed by atoms with van der Waals surface area (Å²) >= 11 is 0. The van der Waals surface area contributed by atoms with Gasteiger partial charge in [0.15, 0.2) is 0 Å². The summed E-state index contributed by atoms with van der Waals surface area (Å²) in [6.07, 6.45) is 15.0. The molecule has 5 nitrogen and oxygen atoms in total. The summed E-state index contributed by atoms with van der Waals surface area (Å²) in [5.74, 6) is 0.593. The first-order valence-electron chi connectivity index (χ1n) is 10.8. The van der Waals surface area contributed by atoms with E-state index < -0.39 is 0 Å². The second kappa shape index (κ2) is 8.77. The number of rotatable bonds is 3. The largest absolute Gasteiger partial charge is 0.385 e. The van der Waals surface area contributed by atoms with E-state index in [9.17, 15) is 0 Å². The van der Waals surface area contributed by atoms with Crippen LogP contribution in [0.2, 0.25) is 0 Å². The molecule has 0 bridgehead atoms. The molecule has 0 spiro atoms. The summed E-state index contributed by atoms with van der Waals surface area (Å²) in [6, 6.07) is 1.47. The summed E-state index contributed by atoms with van der Waals surface area (Å²) in [5, 5.41) is 7.79. The highest BCUT2D eigenvalue weighted by Crippen LogP contribution is 2.32. The lowest BCUT2D eigenvalue weighted by Gasteiger charge is -2.40. The molecule has 4 rings (SSSR count). The summed E-state index contributed by atoms with van der Waals surface area (Å²) in [6.45, 7) is 4.84. The van der Waals surface area contributed by atoms with Crippen LogP contribution in [0.1, 0.15) is 51.4 Å². The summed E-state index contributed by atoms with van der Waals surface area (Å²) in [7, 11) is 0. The van der Waals surface area contributed by atoms with E-state index in [1.165, 1.54) is 49.9 Å². The van der Waals surface area contributed by atoms with Crippen LogP contribution in [0.25, 0.3) is 0 Å². The molecule has 0 aromatic heterocycles. The minimum absolute atomic E-state index is 0.410. The number of allylic oxidation sites excluding steroid dienone is 1. The first kappa shape index (κ1) is 18.3. The molecular formula is C21H36N4O. The van der Waals surface area contributed by atoms with Crippen molar-refractivity contribution >= 4 is 0 Å². The fraction of sp³-hybridized carbons (Fsp3) is 0.810. The van der Waals surface area contributed by atoms with Gasteiger partial charge in [0.1, 0.15) is 0 Å². The van der Waals surface area contributed by atoms with Crippen molar-refractivity contribution in [3.05, 3.63) is 23.5 Å². The molecule has 0 aromatic rings. The number of fused-ring (bicyclic) bond motifs is 1. The van der Waals surface area contributed by atoms with E-state index in [1.54, 1.807) is 0 Å². The van der Waals surface area contributed by atoms with Crippen LogP contribution in [-0.2, 0) is 4.74 Å². The van der Waals surface area contributed by atoms with Crippen LogP contribution in [0.5, 0.6) is 0 Å². The van der Waals surface area contributed by atoms with Crippen molar-refractivity contribution in [3.63, 3.8) is 0 Å². The minimum atomic E-state index is 0.410. The van der Waals surface area contributed by atoms with Gasteiger partial charge in [-0.05, 0) is 57.2 Å². The minimum Gasteiger partial charge on any atom is -0.385 e. The molecule has 5 heteroatoms. The molecule has 146 valence electrons. The summed E-state index contributed by atoms with van der Waals surface area (Å²) in [5.41, 5.74) is 8.97. The van der Waals surface area contributed by atoms with Crippen LogP contribution in [-0.4, -0.2) is 55.9 Å². The fourth-order valence-corrected chi connectivity index (χ4v) is 4.95. The average Bonchev–Trinajstić information content (AvgIpc) is 2.65. The quantitative estimate of drug-likeness (QED) is 0.719. The van der Waals surface area contributed by atoms with Crippen LogP contribution in [0, 0.1) is 5.92 Å². The third-order valence-electron chi connectivity index (χ3n) is 6.58. The Hall–Kier alpha value is -1.04. The van der Waals surface area contributed by atoms with Gasteiger partial charge in [0.05, 0.1) is 13.2 Å². The SMILES string of the molecule is N[C@H]1CC[C@@H](NC2=CC(N3CCOCC3)=CC3NCCCCCC23)CC1. The van der Waals surface area contributed by atoms with E-state index >= 15 is 0 Å². The zero-order valence-corrected chi connectivity index (χ0v) is 16.1. The number of hydrogen-bond donors (Lipinski definition) is 3. The van der Waals surface area contributed by atoms with Gasteiger partial charge in [-0.1, -0.05) is 12.8 Å². The van der Waals surface area contributed by atoms with E-state index in [1.807, 2.05) is 0 Å². The van der Waals surface area contributed by atoms with Gasteiger partial charge in [-0.3, -0.25) is 0 Å². The van der Waals surface area contributed by atoms with Gasteiger partial charge in [0.2, 0.25) is 0 Å². The number of hydrogen-bond acceptors (Lipinski definition) is 5. The lowest BCUT2D eigenvalue weighted by Crippen LogP contribution is -2.47. The molecule has 2 saturated heterocycles. The van der Waals surface area contributed by atoms with Crippen molar-refractivity contribution in [2.24, 2.45) is 11.7 Å². The van der Waals surface area contributed by atoms with Gasteiger partial charge < -0.3 is 26.0 Å². The summed E-state index contributed by atoms with van der Waals surface area (Å²) < 4.78 is 5.56. The van der Waals surface area contributed by atoms with Crippen LogP contribution >= 0.6 is 0 Å². The van der Waals surface area contributed by atoms with Crippen LogP contribution in [0.4, 0.5) is 0 Å². The van der Waals surface area contributed by atoms with E-state index in [2.05, 4.69) is 27.7 Å². The standard InChI is InChI=1S/C21H36N4O/c22-16-5-7-17(8-6-16)24-21-15-18(25-10-12-26-13-11-25)14-20-19(21)4-2-1-3-9-23-20/h14-17,19-20,23-24H,1-13,22H2/t16-,17+,19?,20?. The number of nitrogens with two attached hydrogens (primary N) is 1. The summed E-state index contributed by atoms with van der Waals surface area (Å²) in [4.78, 5) is 2.50. The molecule has 2 aliphatic carbocycles. The van der Waals surface area contributed by atoms with Crippen LogP contribution in [0.15, 0.2) is 23.5 Å². The molecule has 4 N–H and O–H groups in total. The number of nitrogens with zero attached hydrogens (tertiary/aromatic N) is 1. The van der Waals surface area contributed by atoms with Crippen molar-refractivity contribution in [2.75, 3.05) is 32.8 Å². The molecule has 2 unspecified atom stereocenters. The first-order valence-corrected chi connectivity index (χ1v) is 10.8. The molecule has 0 radical (unpaired) electrons. The Morgan fingerprint density at radius 1 is 1.04 bits per heavy atom. The molecule has 4 aliphatic rings. The normalized spacial score (nSPS) is 36.3. The molecule has 3 fully saturated rings. The Labute approximate surface area is 158 Å². The van der Waals surface area contributed by atoms with Crippen LogP contribution in [0.3, 0.4) is 0 Å². The zero-order valence-electron chi connectivity index (χ0n) is 16.1. The number of morpholine rings is 1. The predicted octanol–water partition coefficient (Wildman–Crippen LogP) is 2.11. The fourth-order valence-electron chi connectivity index (χ4n) is 4.95. The Kier molecular flexibility index (Phi) is 6.18. The van der Waals surface area contributed by atoms with E-state index in [-0.39, 0.29) is 0 Å². The van der Waals surface area contributed by atoms with E-state index in [0.717, 1.165) is 45.7 Å². The molecule has 0 aromatic carbocycles. The van der Waals surface area contributed by atoms with E-state index in [4.69, 9.17) is 10.5 Å². The lowest BCUT2D eigenvalue weighted by atomic mass is 9.83. The molecule has 1 saturated carbocycles. The van der Waals surface area contributed by atoms with Crippen molar-refractivity contribution in [1.82, 2.24) is 15.5 Å². The van der Waals surface area contributed by atoms with Crippen LogP contribution < -0.4 is 16.4 Å². The highest BCUT2D eigenvalue weighted by atomic mass is 16.5. The number of nitrogens with one attached hydrogen (secondary N) is 2. The average molecular weight is 361 g/mol. The molecular weight excluding hydrogens is 324 g/mol. The van der Waals surface area contributed by atoms with Crippen molar-refractivity contribution in [1.29, 1.82) is 0 Å². The number of ether oxygens (including phenoxy) is 1. The third-order valence-corrected chi connectivity index (χ3v) is 6.58. The lowest BCUT2D eigenvalue weighted by molar-refractivity contribution is 0.0546. The van der Waals surface area contributed by atoms with Gasteiger partial charge in [-0.15, -0.1) is 0 Å². The molecule has 26 heavy (non-hydrogen) atoms. The zero-order chi connectivity index (χ0) is 17.8. The van der Waals surface area contributed by atoms with Gasteiger partial charge >= 0.3 is 0 Å². The predicted molar refractivity (Wildman–Crippen MR) is 106 cm³/mol. The Balaban J connectivity index is 1.52. The second-order valence-electron chi connectivity index (χ2n) is 8.48.